The van der Waals surface area contributed by atoms with Crippen LogP contribution in [0.15, 0.2) is 30.3 Å². The maximum absolute atomic E-state index is 11.5. The minimum Gasteiger partial charge on any atom is -0.453 e. The molecule has 25 heavy (non-hydrogen) atoms. The first-order chi connectivity index (χ1) is 11.9. The van der Waals surface area contributed by atoms with E-state index >= 15 is 0 Å². The van der Waals surface area contributed by atoms with Crippen LogP contribution in [0, 0.1) is 5.92 Å². The lowest BCUT2D eigenvalue weighted by molar-refractivity contribution is -0.287. The Morgan fingerprint density at radius 2 is 1.68 bits per heavy atom. The summed E-state index contributed by atoms with van der Waals surface area (Å²) in [6.45, 7) is 6.97. The molecular weight excluding hydrogens is 324 g/mol. The third kappa shape index (κ3) is 5.28. The van der Waals surface area contributed by atoms with E-state index in [4.69, 9.17) is 18.9 Å². The predicted molar refractivity (Wildman–Crippen MR) is 90.5 cm³/mol. The lowest BCUT2D eigenvalue weighted by Gasteiger charge is -2.44. The molecule has 1 aliphatic heterocycles. The van der Waals surface area contributed by atoms with Crippen LogP contribution in [0.3, 0.4) is 0 Å². The SMILES string of the molecule is CC[C@H]1OC(OC(C)=O)[C@@H](OC(C)=O)[C@H](OCc2ccccc2)[C@@H]1C. The summed E-state index contributed by atoms with van der Waals surface area (Å²) in [7, 11) is 0. The number of ether oxygens (including phenoxy) is 4. The van der Waals surface area contributed by atoms with E-state index in [9.17, 15) is 9.59 Å². The van der Waals surface area contributed by atoms with Crippen LogP contribution in [0.4, 0.5) is 0 Å². The molecule has 1 aromatic rings. The molecule has 0 aromatic heterocycles. The van der Waals surface area contributed by atoms with Gasteiger partial charge in [0.1, 0.15) is 6.10 Å². The van der Waals surface area contributed by atoms with Gasteiger partial charge in [-0.25, -0.2) is 0 Å². The van der Waals surface area contributed by atoms with E-state index in [2.05, 4.69) is 0 Å². The molecule has 6 nitrogen and oxygen atoms in total. The number of hydrogen-bond acceptors (Lipinski definition) is 6. The molecule has 0 aliphatic carbocycles. The van der Waals surface area contributed by atoms with Crippen molar-refractivity contribution in [3.63, 3.8) is 0 Å². The molecule has 0 radical (unpaired) electrons. The maximum atomic E-state index is 11.5. The van der Waals surface area contributed by atoms with Gasteiger partial charge in [0.25, 0.3) is 0 Å². The van der Waals surface area contributed by atoms with Crippen molar-refractivity contribution in [2.45, 2.75) is 65.3 Å². The summed E-state index contributed by atoms with van der Waals surface area (Å²) in [5.74, 6) is -0.987. The highest BCUT2D eigenvalue weighted by atomic mass is 16.7. The van der Waals surface area contributed by atoms with Crippen molar-refractivity contribution in [3.8, 4) is 0 Å². The number of benzene rings is 1. The third-order valence-corrected chi connectivity index (χ3v) is 4.28. The Labute approximate surface area is 148 Å². The Kier molecular flexibility index (Phi) is 6.96. The fourth-order valence-corrected chi connectivity index (χ4v) is 3.09. The van der Waals surface area contributed by atoms with Gasteiger partial charge in [-0.15, -0.1) is 0 Å². The fourth-order valence-electron chi connectivity index (χ4n) is 3.09. The van der Waals surface area contributed by atoms with Crippen LogP contribution in [-0.4, -0.2) is 36.5 Å². The first kappa shape index (κ1) is 19.4. The zero-order valence-corrected chi connectivity index (χ0v) is 15.1. The Hall–Kier alpha value is -1.92. The molecule has 1 fully saturated rings. The van der Waals surface area contributed by atoms with Gasteiger partial charge in [0, 0.05) is 19.8 Å². The fraction of sp³-hybridized carbons (Fsp3) is 0.579. The molecule has 1 heterocycles. The largest absolute Gasteiger partial charge is 0.453 e. The average molecular weight is 350 g/mol. The summed E-state index contributed by atoms with van der Waals surface area (Å²) in [6.07, 6.45) is -1.63. The monoisotopic (exact) mass is 350 g/mol. The van der Waals surface area contributed by atoms with Gasteiger partial charge in [0.05, 0.1) is 12.7 Å². The van der Waals surface area contributed by atoms with Crippen molar-refractivity contribution < 1.29 is 28.5 Å². The third-order valence-electron chi connectivity index (χ3n) is 4.28. The molecule has 0 amide bonds. The number of carbonyl (C=O) groups is 2. The molecule has 5 atom stereocenters. The minimum absolute atomic E-state index is 0.0233. The summed E-state index contributed by atoms with van der Waals surface area (Å²) in [4.78, 5) is 23.0. The molecule has 1 aromatic carbocycles. The molecule has 1 aliphatic rings. The van der Waals surface area contributed by atoms with E-state index in [1.807, 2.05) is 44.2 Å². The number of carbonyl (C=O) groups excluding carboxylic acids is 2. The second-order valence-electron chi connectivity index (χ2n) is 6.25. The highest BCUT2D eigenvalue weighted by molar-refractivity contribution is 5.67. The number of esters is 2. The number of hydrogen-bond donors (Lipinski definition) is 0. The number of rotatable bonds is 6. The molecular formula is C19H26O6. The van der Waals surface area contributed by atoms with Crippen LogP contribution in [-0.2, 0) is 35.1 Å². The van der Waals surface area contributed by atoms with Gasteiger partial charge in [-0.3, -0.25) is 9.59 Å². The molecule has 0 spiro atoms. The van der Waals surface area contributed by atoms with Crippen LogP contribution in [0.1, 0.15) is 39.7 Å². The minimum atomic E-state index is -0.969. The van der Waals surface area contributed by atoms with E-state index in [-0.39, 0.29) is 12.0 Å². The summed E-state index contributed by atoms with van der Waals surface area (Å²) >= 11 is 0. The van der Waals surface area contributed by atoms with Crippen molar-refractivity contribution in [1.29, 1.82) is 0 Å². The van der Waals surface area contributed by atoms with Gasteiger partial charge in [0.2, 0.25) is 6.29 Å². The summed E-state index contributed by atoms with van der Waals surface area (Å²) in [5.41, 5.74) is 1.01. The summed E-state index contributed by atoms with van der Waals surface area (Å²) in [5, 5.41) is 0. The molecule has 0 bridgehead atoms. The molecule has 1 unspecified atom stereocenters. The maximum Gasteiger partial charge on any atom is 0.305 e. The van der Waals surface area contributed by atoms with Crippen molar-refractivity contribution in [3.05, 3.63) is 35.9 Å². The first-order valence-corrected chi connectivity index (χ1v) is 8.57. The van der Waals surface area contributed by atoms with Gasteiger partial charge >= 0.3 is 11.9 Å². The van der Waals surface area contributed by atoms with Crippen LogP contribution in [0.2, 0.25) is 0 Å². The van der Waals surface area contributed by atoms with Crippen molar-refractivity contribution in [1.82, 2.24) is 0 Å². The van der Waals surface area contributed by atoms with E-state index in [0.717, 1.165) is 12.0 Å². The van der Waals surface area contributed by atoms with Crippen LogP contribution in [0.25, 0.3) is 0 Å². The Morgan fingerprint density at radius 1 is 1.04 bits per heavy atom. The van der Waals surface area contributed by atoms with Gasteiger partial charge in [-0.1, -0.05) is 44.2 Å². The van der Waals surface area contributed by atoms with Gasteiger partial charge < -0.3 is 18.9 Å². The lowest BCUT2D eigenvalue weighted by Crippen LogP contribution is -2.57. The summed E-state index contributed by atoms with van der Waals surface area (Å²) < 4.78 is 22.6. The topological polar surface area (TPSA) is 71.1 Å². The normalized spacial score (nSPS) is 29.0. The molecule has 138 valence electrons. The standard InChI is InChI=1S/C19H26O6/c1-5-16-12(2)17(22-11-15-9-7-6-8-10-15)18(23-13(3)20)19(25-16)24-14(4)21/h6-10,12,16-19H,5,11H2,1-4H3/t12-,16-,17-,18+,19?/m1/s1. The van der Waals surface area contributed by atoms with Crippen molar-refractivity contribution in [2.24, 2.45) is 5.92 Å². The van der Waals surface area contributed by atoms with Gasteiger partial charge in [-0.05, 0) is 12.0 Å². The van der Waals surface area contributed by atoms with Crippen LogP contribution >= 0.6 is 0 Å². The Balaban J connectivity index is 2.20. The molecule has 2 rings (SSSR count). The Morgan fingerprint density at radius 3 is 2.24 bits per heavy atom. The van der Waals surface area contributed by atoms with E-state index in [0.29, 0.717) is 6.61 Å². The van der Waals surface area contributed by atoms with Gasteiger partial charge in [-0.2, -0.15) is 0 Å². The van der Waals surface area contributed by atoms with Crippen LogP contribution < -0.4 is 0 Å². The summed E-state index contributed by atoms with van der Waals surface area (Å²) in [6, 6.07) is 9.74. The highest BCUT2D eigenvalue weighted by Gasteiger charge is 2.47. The van der Waals surface area contributed by atoms with E-state index < -0.39 is 30.4 Å². The molecule has 0 N–H and O–H groups in total. The Bertz CT molecular complexity index is 573. The second-order valence-corrected chi connectivity index (χ2v) is 6.25. The quantitative estimate of drug-likeness (QED) is 0.735. The van der Waals surface area contributed by atoms with Crippen molar-refractivity contribution >= 4 is 11.9 Å². The van der Waals surface area contributed by atoms with Gasteiger partial charge in [0.15, 0.2) is 6.10 Å². The molecule has 1 saturated heterocycles. The average Bonchev–Trinajstić information content (AvgIpc) is 2.57. The molecule has 0 saturated carbocycles. The van der Waals surface area contributed by atoms with Crippen LogP contribution in [0.5, 0.6) is 0 Å². The van der Waals surface area contributed by atoms with Crippen molar-refractivity contribution in [2.75, 3.05) is 0 Å². The molecule has 6 heteroatoms. The zero-order chi connectivity index (χ0) is 18.4. The predicted octanol–water partition coefficient (Wildman–Crippen LogP) is 2.84. The zero-order valence-electron chi connectivity index (χ0n) is 15.1. The smallest absolute Gasteiger partial charge is 0.305 e. The lowest BCUT2D eigenvalue weighted by atomic mass is 9.89. The highest BCUT2D eigenvalue weighted by Crippen LogP contribution is 2.33. The first-order valence-electron chi connectivity index (χ1n) is 8.57. The van der Waals surface area contributed by atoms with E-state index in [1.54, 1.807) is 0 Å². The van der Waals surface area contributed by atoms with E-state index in [1.165, 1.54) is 13.8 Å². The second kappa shape index (κ2) is 8.97.